The summed E-state index contributed by atoms with van der Waals surface area (Å²) in [6.45, 7) is 15.9. The van der Waals surface area contributed by atoms with Gasteiger partial charge in [-0.25, -0.2) is 0 Å². The topological polar surface area (TPSA) is 44.8 Å². The van der Waals surface area contributed by atoms with Crippen molar-refractivity contribution in [3.63, 3.8) is 0 Å². The number of rotatable bonds is 8. The Hall–Kier alpha value is -1.59. The number of benzene rings is 1. The monoisotopic (exact) mass is 361 g/mol. The standard InChI is InChI=1S/C21H35N3O2/c1-16(2)22-21(25)19(5)24-13-11-23(12-14-24)10-7-15-26-20-17(3)8-6-9-18(20)4/h6,8-9,16,19H,7,10-15H2,1-5H3,(H,22,25). The van der Waals surface area contributed by atoms with E-state index in [1.165, 1.54) is 11.1 Å². The minimum absolute atomic E-state index is 0.0492. The van der Waals surface area contributed by atoms with Crippen LogP contribution in [0.1, 0.15) is 38.3 Å². The van der Waals surface area contributed by atoms with E-state index in [0.29, 0.717) is 0 Å². The fourth-order valence-corrected chi connectivity index (χ4v) is 3.43. The highest BCUT2D eigenvalue weighted by molar-refractivity contribution is 5.81. The van der Waals surface area contributed by atoms with Gasteiger partial charge in [0.1, 0.15) is 5.75 Å². The van der Waals surface area contributed by atoms with E-state index in [1.54, 1.807) is 0 Å². The first-order valence-corrected chi connectivity index (χ1v) is 9.84. The van der Waals surface area contributed by atoms with Gasteiger partial charge in [0.2, 0.25) is 5.91 Å². The maximum absolute atomic E-state index is 12.2. The molecule has 1 atom stereocenters. The number of carbonyl (C=O) groups excluding carboxylic acids is 1. The van der Waals surface area contributed by atoms with Crippen LogP contribution in [0.3, 0.4) is 0 Å². The molecule has 1 aliphatic rings. The molecule has 26 heavy (non-hydrogen) atoms. The molecule has 146 valence electrons. The van der Waals surface area contributed by atoms with Crippen molar-refractivity contribution >= 4 is 5.91 Å². The normalized spacial score (nSPS) is 17.3. The van der Waals surface area contributed by atoms with Gasteiger partial charge in [0.05, 0.1) is 12.6 Å². The molecule has 1 heterocycles. The van der Waals surface area contributed by atoms with Crippen molar-refractivity contribution in [3.05, 3.63) is 29.3 Å². The SMILES string of the molecule is Cc1cccc(C)c1OCCCN1CCN(C(C)C(=O)NC(C)C)CC1. The van der Waals surface area contributed by atoms with Gasteiger partial charge in [-0.2, -0.15) is 0 Å². The van der Waals surface area contributed by atoms with Crippen molar-refractivity contribution in [3.8, 4) is 5.75 Å². The lowest BCUT2D eigenvalue weighted by molar-refractivity contribution is -0.127. The molecule has 1 saturated heterocycles. The zero-order chi connectivity index (χ0) is 19.1. The van der Waals surface area contributed by atoms with Crippen molar-refractivity contribution in [1.82, 2.24) is 15.1 Å². The molecule has 1 aromatic rings. The number of amides is 1. The van der Waals surface area contributed by atoms with E-state index in [-0.39, 0.29) is 18.0 Å². The number of nitrogens with one attached hydrogen (secondary N) is 1. The number of piperazine rings is 1. The molecule has 5 nitrogen and oxygen atoms in total. The van der Waals surface area contributed by atoms with Crippen LogP contribution in [0.4, 0.5) is 0 Å². The average molecular weight is 362 g/mol. The first-order valence-electron chi connectivity index (χ1n) is 9.84. The Bertz CT molecular complexity index is 560. The Labute approximate surface area is 158 Å². The smallest absolute Gasteiger partial charge is 0.237 e. The molecule has 1 N–H and O–H groups in total. The number of hydrogen-bond donors (Lipinski definition) is 1. The number of aryl methyl sites for hydroxylation is 2. The molecule has 1 aliphatic heterocycles. The van der Waals surface area contributed by atoms with Crippen LogP contribution in [-0.2, 0) is 4.79 Å². The van der Waals surface area contributed by atoms with Gasteiger partial charge in [-0.05, 0) is 52.2 Å². The molecule has 0 saturated carbocycles. The Kier molecular flexibility index (Phi) is 7.91. The van der Waals surface area contributed by atoms with Crippen LogP contribution in [0, 0.1) is 13.8 Å². The minimum atomic E-state index is -0.0492. The third-order valence-electron chi connectivity index (χ3n) is 5.04. The summed E-state index contributed by atoms with van der Waals surface area (Å²) in [6, 6.07) is 6.41. The van der Waals surface area contributed by atoms with E-state index in [1.807, 2.05) is 20.8 Å². The molecule has 0 radical (unpaired) electrons. The average Bonchev–Trinajstić information content (AvgIpc) is 2.60. The molecule has 1 unspecified atom stereocenters. The number of hydrogen-bond acceptors (Lipinski definition) is 4. The molecular formula is C21H35N3O2. The first-order chi connectivity index (χ1) is 12.4. The molecule has 0 spiro atoms. The predicted molar refractivity (Wildman–Crippen MR) is 107 cm³/mol. The number of nitrogens with zero attached hydrogens (tertiary/aromatic N) is 2. The third kappa shape index (κ3) is 5.99. The Morgan fingerprint density at radius 1 is 1.12 bits per heavy atom. The third-order valence-corrected chi connectivity index (χ3v) is 5.04. The maximum atomic E-state index is 12.2. The summed E-state index contributed by atoms with van der Waals surface area (Å²) in [5, 5.41) is 3.01. The molecule has 0 aromatic heterocycles. The molecule has 0 bridgehead atoms. The second-order valence-electron chi connectivity index (χ2n) is 7.64. The van der Waals surface area contributed by atoms with Crippen LogP contribution >= 0.6 is 0 Å². The Morgan fingerprint density at radius 3 is 2.31 bits per heavy atom. The van der Waals surface area contributed by atoms with E-state index in [2.05, 4.69) is 47.2 Å². The van der Waals surface area contributed by atoms with Crippen LogP contribution in [0.2, 0.25) is 0 Å². The van der Waals surface area contributed by atoms with Gasteiger partial charge >= 0.3 is 0 Å². The first kappa shape index (κ1) is 20.7. The number of ether oxygens (including phenoxy) is 1. The van der Waals surface area contributed by atoms with Crippen molar-refractivity contribution in [2.45, 2.75) is 53.1 Å². The largest absolute Gasteiger partial charge is 0.493 e. The fourth-order valence-electron chi connectivity index (χ4n) is 3.43. The lowest BCUT2D eigenvalue weighted by Crippen LogP contribution is -2.54. The summed E-state index contributed by atoms with van der Waals surface area (Å²) >= 11 is 0. The Balaban J connectivity index is 1.67. The molecule has 5 heteroatoms. The second kappa shape index (κ2) is 9.93. The second-order valence-corrected chi connectivity index (χ2v) is 7.64. The van der Waals surface area contributed by atoms with Crippen molar-refractivity contribution < 1.29 is 9.53 Å². The molecule has 1 amide bonds. The summed E-state index contributed by atoms with van der Waals surface area (Å²) in [7, 11) is 0. The molecule has 1 aromatic carbocycles. The molecule has 1 fully saturated rings. The van der Waals surface area contributed by atoms with E-state index < -0.39 is 0 Å². The number of carbonyl (C=O) groups is 1. The fraction of sp³-hybridized carbons (Fsp3) is 0.667. The highest BCUT2D eigenvalue weighted by Gasteiger charge is 2.25. The van der Waals surface area contributed by atoms with Crippen molar-refractivity contribution in [2.24, 2.45) is 0 Å². The maximum Gasteiger partial charge on any atom is 0.237 e. The summed E-state index contributed by atoms with van der Waals surface area (Å²) in [5.74, 6) is 1.16. The van der Waals surface area contributed by atoms with E-state index >= 15 is 0 Å². The zero-order valence-corrected chi connectivity index (χ0v) is 17.0. The van der Waals surface area contributed by atoms with Gasteiger partial charge < -0.3 is 15.0 Å². The van der Waals surface area contributed by atoms with E-state index in [0.717, 1.165) is 51.5 Å². The van der Waals surface area contributed by atoms with Crippen LogP contribution in [-0.4, -0.2) is 67.1 Å². The van der Waals surface area contributed by atoms with E-state index in [4.69, 9.17) is 4.74 Å². The van der Waals surface area contributed by atoms with Gasteiger partial charge in [-0.15, -0.1) is 0 Å². The molecule has 0 aliphatic carbocycles. The van der Waals surface area contributed by atoms with Gasteiger partial charge in [0.15, 0.2) is 0 Å². The number of para-hydroxylation sites is 1. The van der Waals surface area contributed by atoms with E-state index in [9.17, 15) is 4.79 Å². The van der Waals surface area contributed by atoms with Gasteiger partial charge in [-0.3, -0.25) is 9.69 Å². The van der Waals surface area contributed by atoms with Gasteiger partial charge in [0, 0.05) is 38.8 Å². The van der Waals surface area contributed by atoms with Gasteiger partial charge in [0.25, 0.3) is 0 Å². The van der Waals surface area contributed by atoms with Crippen LogP contribution in [0.5, 0.6) is 5.75 Å². The molecule has 2 rings (SSSR count). The van der Waals surface area contributed by atoms with Gasteiger partial charge in [-0.1, -0.05) is 18.2 Å². The highest BCUT2D eigenvalue weighted by Crippen LogP contribution is 2.22. The predicted octanol–water partition coefficient (Wildman–Crippen LogP) is 2.60. The summed E-state index contributed by atoms with van der Waals surface area (Å²) in [6.07, 6.45) is 1.02. The summed E-state index contributed by atoms with van der Waals surface area (Å²) in [5.41, 5.74) is 2.40. The van der Waals surface area contributed by atoms with Crippen molar-refractivity contribution in [1.29, 1.82) is 0 Å². The van der Waals surface area contributed by atoms with Crippen LogP contribution < -0.4 is 10.1 Å². The van der Waals surface area contributed by atoms with Crippen LogP contribution in [0.25, 0.3) is 0 Å². The quantitative estimate of drug-likeness (QED) is 0.723. The highest BCUT2D eigenvalue weighted by atomic mass is 16.5. The molecular weight excluding hydrogens is 326 g/mol. The summed E-state index contributed by atoms with van der Waals surface area (Å²) < 4.78 is 6.00. The lowest BCUT2D eigenvalue weighted by Gasteiger charge is -2.37. The van der Waals surface area contributed by atoms with Crippen LogP contribution in [0.15, 0.2) is 18.2 Å². The zero-order valence-electron chi connectivity index (χ0n) is 17.0. The summed E-state index contributed by atoms with van der Waals surface area (Å²) in [4.78, 5) is 16.9. The lowest BCUT2D eigenvalue weighted by atomic mass is 10.1. The minimum Gasteiger partial charge on any atom is -0.493 e. The Morgan fingerprint density at radius 2 is 1.73 bits per heavy atom. The van der Waals surface area contributed by atoms with Crippen molar-refractivity contribution in [2.75, 3.05) is 39.3 Å².